The summed E-state index contributed by atoms with van der Waals surface area (Å²) in [7, 11) is 0. The summed E-state index contributed by atoms with van der Waals surface area (Å²) >= 11 is 0. The van der Waals surface area contributed by atoms with Crippen molar-refractivity contribution in [2.45, 2.75) is 13.5 Å². The van der Waals surface area contributed by atoms with Gasteiger partial charge in [-0.05, 0) is 47.0 Å². The Kier molecular flexibility index (Phi) is 7.06. The fraction of sp³-hybridized carbons (Fsp3) is 0.0952. The Morgan fingerprint density at radius 1 is 0.962 bits per heavy atom. The van der Waals surface area contributed by atoms with Crippen molar-refractivity contribution in [1.29, 1.82) is 0 Å². The van der Waals surface area contributed by atoms with Gasteiger partial charge in [0.2, 0.25) is 0 Å². The van der Waals surface area contributed by atoms with Crippen LogP contribution in [0.2, 0.25) is 0 Å². The van der Waals surface area contributed by atoms with Crippen LogP contribution in [-0.2, 0) is 25.7 Å². The van der Waals surface area contributed by atoms with Gasteiger partial charge in [0.05, 0.1) is 0 Å². The number of allylic oxidation sites excluding steroid dienone is 2. The summed E-state index contributed by atoms with van der Waals surface area (Å²) in [6, 6.07) is 14.2. The molecule has 26 heavy (non-hydrogen) atoms. The number of carbonyl (C=O) groups excluding carboxylic acids is 3. The van der Waals surface area contributed by atoms with Crippen molar-refractivity contribution in [2.75, 3.05) is 0 Å². The fourth-order valence-electron chi connectivity index (χ4n) is 2.18. The van der Waals surface area contributed by atoms with E-state index in [4.69, 9.17) is 9.47 Å². The third-order valence-electron chi connectivity index (χ3n) is 3.27. The number of esters is 1. The number of carbonyl (C=O) groups is 3. The maximum atomic E-state index is 12.0. The lowest BCUT2D eigenvalue weighted by Gasteiger charge is -2.01. The number of ketones is 1. The quantitative estimate of drug-likeness (QED) is 0.315. The van der Waals surface area contributed by atoms with Crippen LogP contribution in [0.15, 0.2) is 60.7 Å². The van der Waals surface area contributed by atoms with Crippen LogP contribution in [0.3, 0.4) is 0 Å². The molecule has 0 saturated carbocycles. The zero-order valence-corrected chi connectivity index (χ0v) is 14.3. The second-order valence-corrected chi connectivity index (χ2v) is 5.39. The minimum Gasteiger partial charge on any atom is -0.463 e. The molecule has 0 amide bonds. The van der Waals surface area contributed by atoms with Crippen molar-refractivity contribution < 1.29 is 23.9 Å². The smallest absolute Gasteiger partial charge is 0.308 e. The number of benzene rings is 2. The van der Waals surface area contributed by atoms with Gasteiger partial charge in [0.1, 0.15) is 12.4 Å². The van der Waals surface area contributed by atoms with Crippen LogP contribution in [0, 0.1) is 0 Å². The molecule has 2 aromatic rings. The van der Waals surface area contributed by atoms with Gasteiger partial charge in [0, 0.05) is 6.92 Å². The first-order valence-electron chi connectivity index (χ1n) is 7.89. The van der Waals surface area contributed by atoms with E-state index in [9.17, 15) is 14.4 Å². The van der Waals surface area contributed by atoms with Crippen LogP contribution in [-0.4, -0.2) is 18.2 Å². The lowest BCUT2D eigenvalue weighted by molar-refractivity contribution is -0.132. The molecule has 0 N–H and O–H groups in total. The van der Waals surface area contributed by atoms with Crippen molar-refractivity contribution in [3.8, 4) is 5.75 Å². The summed E-state index contributed by atoms with van der Waals surface area (Å²) in [5, 5.41) is 0. The van der Waals surface area contributed by atoms with Crippen LogP contribution < -0.4 is 4.74 Å². The first-order valence-corrected chi connectivity index (χ1v) is 7.89. The molecule has 0 aliphatic rings. The average Bonchev–Trinajstić information content (AvgIpc) is 2.63. The van der Waals surface area contributed by atoms with Crippen molar-refractivity contribution in [1.82, 2.24) is 0 Å². The summed E-state index contributed by atoms with van der Waals surface area (Å²) in [5.41, 5.74) is 2.42. The lowest BCUT2D eigenvalue weighted by atomic mass is 10.1. The SMILES string of the molecule is CC(=O)Oc1cccc(C=CC(=O)C=Cc2cccc(COC=O)c2)c1. The van der Waals surface area contributed by atoms with Crippen molar-refractivity contribution in [2.24, 2.45) is 0 Å². The number of ether oxygens (including phenoxy) is 2. The van der Waals surface area contributed by atoms with E-state index >= 15 is 0 Å². The number of hydrogen-bond acceptors (Lipinski definition) is 5. The van der Waals surface area contributed by atoms with Crippen molar-refractivity contribution >= 4 is 30.4 Å². The molecule has 5 nitrogen and oxygen atoms in total. The zero-order chi connectivity index (χ0) is 18.8. The highest BCUT2D eigenvalue weighted by molar-refractivity contribution is 6.04. The molecule has 0 aromatic heterocycles. The Labute approximate surface area is 151 Å². The van der Waals surface area contributed by atoms with E-state index in [-0.39, 0.29) is 12.4 Å². The van der Waals surface area contributed by atoms with Crippen LogP contribution >= 0.6 is 0 Å². The summed E-state index contributed by atoms with van der Waals surface area (Å²) < 4.78 is 9.71. The van der Waals surface area contributed by atoms with Crippen LogP contribution in [0.1, 0.15) is 23.6 Å². The average molecular weight is 350 g/mol. The van der Waals surface area contributed by atoms with Gasteiger partial charge in [-0.1, -0.05) is 42.5 Å². The molecule has 2 rings (SSSR count). The molecular formula is C21H18O5. The molecule has 5 heteroatoms. The maximum Gasteiger partial charge on any atom is 0.308 e. The van der Waals surface area contributed by atoms with Gasteiger partial charge in [-0.15, -0.1) is 0 Å². The second-order valence-electron chi connectivity index (χ2n) is 5.39. The van der Waals surface area contributed by atoms with Gasteiger partial charge >= 0.3 is 5.97 Å². The number of hydrogen-bond donors (Lipinski definition) is 0. The normalized spacial score (nSPS) is 10.8. The van der Waals surface area contributed by atoms with Crippen LogP contribution in [0.25, 0.3) is 12.2 Å². The zero-order valence-electron chi connectivity index (χ0n) is 14.3. The molecule has 0 bridgehead atoms. The van der Waals surface area contributed by atoms with Crippen LogP contribution in [0.4, 0.5) is 0 Å². The second kappa shape index (κ2) is 9.74. The largest absolute Gasteiger partial charge is 0.463 e. The molecule has 0 atom stereocenters. The first kappa shape index (κ1) is 18.9. The van der Waals surface area contributed by atoms with Crippen LogP contribution in [0.5, 0.6) is 5.75 Å². The van der Waals surface area contributed by atoms with Gasteiger partial charge in [-0.25, -0.2) is 0 Å². The van der Waals surface area contributed by atoms with Gasteiger partial charge in [0.15, 0.2) is 5.78 Å². The van der Waals surface area contributed by atoms with E-state index < -0.39 is 5.97 Å². The molecular weight excluding hydrogens is 332 g/mol. The summed E-state index contributed by atoms with van der Waals surface area (Å²) in [5.74, 6) is -0.152. The number of rotatable bonds is 8. The predicted octanol–water partition coefficient (Wildman–Crippen LogP) is 3.58. The van der Waals surface area contributed by atoms with E-state index in [0.29, 0.717) is 12.2 Å². The van der Waals surface area contributed by atoms with Crippen molar-refractivity contribution in [3.05, 3.63) is 77.4 Å². The third-order valence-corrected chi connectivity index (χ3v) is 3.27. The molecule has 0 heterocycles. The Morgan fingerprint density at radius 2 is 1.62 bits per heavy atom. The molecule has 0 unspecified atom stereocenters. The Bertz CT molecular complexity index is 849. The Balaban J connectivity index is 1.99. The topological polar surface area (TPSA) is 69.7 Å². The molecule has 132 valence electrons. The van der Waals surface area contributed by atoms with Gasteiger partial charge in [-0.2, -0.15) is 0 Å². The Hall–Kier alpha value is -3.47. The monoisotopic (exact) mass is 350 g/mol. The lowest BCUT2D eigenvalue weighted by Crippen LogP contribution is -2.01. The third kappa shape index (κ3) is 6.57. The van der Waals surface area contributed by atoms with Gasteiger partial charge < -0.3 is 9.47 Å². The van der Waals surface area contributed by atoms with Crippen molar-refractivity contribution in [3.63, 3.8) is 0 Å². The van der Waals surface area contributed by atoms with E-state index in [1.165, 1.54) is 19.1 Å². The van der Waals surface area contributed by atoms with E-state index in [2.05, 4.69) is 0 Å². The van der Waals surface area contributed by atoms with Gasteiger partial charge in [0.25, 0.3) is 6.47 Å². The highest BCUT2D eigenvalue weighted by Gasteiger charge is 1.99. The summed E-state index contributed by atoms with van der Waals surface area (Å²) in [6.07, 6.45) is 6.22. The highest BCUT2D eigenvalue weighted by atomic mass is 16.5. The van der Waals surface area contributed by atoms with E-state index in [1.807, 2.05) is 24.3 Å². The predicted molar refractivity (Wildman–Crippen MR) is 98.1 cm³/mol. The minimum atomic E-state index is -0.397. The molecule has 0 aliphatic heterocycles. The molecule has 0 aliphatic carbocycles. The van der Waals surface area contributed by atoms with E-state index in [1.54, 1.807) is 36.4 Å². The molecule has 2 aromatic carbocycles. The molecule has 0 spiro atoms. The molecule has 0 radical (unpaired) electrons. The first-order chi connectivity index (χ1) is 12.6. The summed E-state index contributed by atoms with van der Waals surface area (Å²) in [6.45, 7) is 1.92. The molecule has 0 saturated heterocycles. The minimum absolute atomic E-state index is 0.183. The van der Waals surface area contributed by atoms with E-state index in [0.717, 1.165) is 16.7 Å². The summed E-state index contributed by atoms with van der Waals surface area (Å²) in [4.78, 5) is 33.2. The molecule has 0 fully saturated rings. The maximum absolute atomic E-state index is 12.0. The standard InChI is InChI=1S/C21H18O5/c1-16(23)26-21-7-3-5-18(13-21)9-11-20(24)10-8-17-4-2-6-19(12-17)14-25-15-22/h2-13,15H,14H2,1H3. The Morgan fingerprint density at radius 3 is 2.27 bits per heavy atom. The van der Waals surface area contributed by atoms with Gasteiger partial charge in [-0.3, -0.25) is 14.4 Å². The fourth-order valence-corrected chi connectivity index (χ4v) is 2.18. The highest BCUT2D eigenvalue weighted by Crippen LogP contribution is 2.15.